The summed E-state index contributed by atoms with van der Waals surface area (Å²) in [6.45, 7) is 4.84. The summed E-state index contributed by atoms with van der Waals surface area (Å²) in [5.74, 6) is -0.0993. The monoisotopic (exact) mass is 259 g/mol. The first-order valence-corrected chi connectivity index (χ1v) is 6.38. The van der Waals surface area contributed by atoms with Crippen LogP contribution in [0.5, 0.6) is 0 Å². The molecule has 1 N–H and O–H groups in total. The van der Waals surface area contributed by atoms with Gasteiger partial charge in [-0.3, -0.25) is 9.69 Å². The smallest absolute Gasteiger partial charge is 0.251 e. The first kappa shape index (κ1) is 13.5. The number of carbonyl (C=O) groups is 1. The predicted molar refractivity (Wildman–Crippen MR) is 70.7 cm³/mol. The minimum Gasteiger partial charge on any atom is -0.379 e. The highest BCUT2D eigenvalue weighted by molar-refractivity contribution is 5.94. The number of carbonyl (C=O) groups excluding carboxylic acids is 1. The molecule has 5 nitrogen and oxygen atoms in total. The summed E-state index contributed by atoms with van der Waals surface area (Å²) in [5.41, 5.74) is 1.14. The van der Waals surface area contributed by atoms with E-state index in [2.05, 4.69) is 10.2 Å². The molecule has 0 spiro atoms. The van der Waals surface area contributed by atoms with Gasteiger partial charge in [0, 0.05) is 31.7 Å². The second-order valence-electron chi connectivity index (χ2n) is 4.40. The molecule has 1 saturated heterocycles. The van der Waals surface area contributed by atoms with Gasteiger partial charge in [-0.2, -0.15) is 5.26 Å². The molecular formula is C14H17N3O2. The SMILES string of the molecule is N#Cc1ccc(C(=O)NCCN2CCOCC2)cc1. The average Bonchev–Trinajstić information content (AvgIpc) is 2.48. The Bertz CT molecular complexity index is 459. The normalized spacial score (nSPS) is 15.7. The summed E-state index contributed by atoms with van der Waals surface area (Å²) in [4.78, 5) is 14.1. The van der Waals surface area contributed by atoms with Crippen LogP contribution in [0.3, 0.4) is 0 Å². The zero-order chi connectivity index (χ0) is 13.5. The molecule has 1 aliphatic heterocycles. The number of nitriles is 1. The van der Waals surface area contributed by atoms with E-state index in [0.717, 1.165) is 32.8 Å². The lowest BCUT2D eigenvalue weighted by atomic mass is 10.1. The molecule has 100 valence electrons. The Morgan fingerprint density at radius 1 is 1.32 bits per heavy atom. The summed E-state index contributed by atoms with van der Waals surface area (Å²) >= 11 is 0. The van der Waals surface area contributed by atoms with Gasteiger partial charge >= 0.3 is 0 Å². The van der Waals surface area contributed by atoms with Crippen molar-refractivity contribution >= 4 is 5.91 Å². The van der Waals surface area contributed by atoms with Crippen molar-refractivity contribution in [1.29, 1.82) is 5.26 Å². The molecule has 0 aromatic heterocycles. The number of rotatable bonds is 4. The van der Waals surface area contributed by atoms with E-state index in [1.807, 2.05) is 6.07 Å². The van der Waals surface area contributed by atoms with Crippen LogP contribution in [0, 0.1) is 11.3 Å². The molecule has 0 aliphatic carbocycles. The summed E-state index contributed by atoms with van der Waals surface area (Å²) in [6, 6.07) is 8.67. The van der Waals surface area contributed by atoms with Crippen molar-refractivity contribution in [2.75, 3.05) is 39.4 Å². The minimum atomic E-state index is -0.0993. The van der Waals surface area contributed by atoms with Crippen LogP contribution in [-0.4, -0.2) is 50.2 Å². The molecule has 1 aromatic carbocycles. The zero-order valence-corrected chi connectivity index (χ0v) is 10.8. The van der Waals surface area contributed by atoms with Gasteiger partial charge < -0.3 is 10.1 Å². The summed E-state index contributed by atoms with van der Waals surface area (Å²) in [7, 11) is 0. The minimum absolute atomic E-state index is 0.0993. The summed E-state index contributed by atoms with van der Waals surface area (Å²) in [5, 5.41) is 11.6. The van der Waals surface area contributed by atoms with E-state index in [-0.39, 0.29) is 5.91 Å². The number of benzene rings is 1. The van der Waals surface area contributed by atoms with Gasteiger partial charge in [-0.05, 0) is 24.3 Å². The van der Waals surface area contributed by atoms with Crippen LogP contribution in [-0.2, 0) is 4.74 Å². The average molecular weight is 259 g/mol. The van der Waals surface area contributed by atoms with Crippen molar-refractivity contribution in [2.24, 2.45) is 0 Å². The fraction of sp³-hybridized carbons (Fsp3) is 0.429. The van der Waals surface area contributed by atoms with Crippen molar-refractivity contribution in [2.45, 2.75) is 0 Å². The molecule has 1 fully saturated rings. The van der Waals surface area contributed by atoms with E-state index < -0.39 is 0 Å². The van der Waals surface area contributed by atoms with Gasteiger partial charge in [0.05, 0.1) is 24.8 Å². The largest absolute Gasteiger partial charge is 0.379 e. The number of morpholine rings is 1. The Morgan fingerprint density at radius 2 is 2.00 bits per heavy atom. The maximum atomic E-state index is 11.8. The quantitative estimate of drug-likeness (QED) is 0.861. The van der Waals surface area contributed by atoms with Crippen LogP contribution >= 0.6 is 0 Å². The first-order chi connectivity index (χ1) is 9.29. The van der Waals surface area contributed by atoms with Gasteiger partial charge in [0.15, 0.2) is 0 Å². The van der Waals surface area contributed by atoms with Gasteiger partial charge in [-0.15, -0.1) is 0 Å². The third-order valence-electron chi connectivity index (χ3n) is 3.09. The lowest BCUT2D eigenvalue weighted by molar-refractivity contribution is 0.0383. The molecule has 19 heavy (non-hydrogen) atoms. The molecule has 1 aliphatic rings. The Hall–Kier alpha value is -1.90. The highest BCUT2D eigenvalue weighted by Crippen LogP contribution is 2.03. The van der Waals surface area contributed by atoms with Crippen molar-refractivity contribution in [1.82, 2.24) is 10.2 Å². The molecule has 0 bridgehead atoms. The molecule has 0 saturated carbocycles. The Labute approximate surface area is 112 Å². The fourth-order valence-electron chi connectivity index (χ4n) is 1.95. The van der Waals surface area contributed by atoms with Crippen LogP contribution in [0.4, 0.5) is 0 Å². The molecule has 0 atom stereocenters. The number of hydrogen-bond donors (Lipinski definition) is 1. The lowest BCUT2D eigenvalue weighted by Gasteiger charge is -2.26. The first-order valence-electron chi connectivity index (χ1n) is 6.38. The molecule has 1 heterocycles. The van der Waals surface area contributed by atoms with Crippen molar-refractivity contribution in [3.05, 3.63) is 35.4 Å². The number of nitrogens with one attached hydrogen (secondary N) is 1. The second kappa shape index (κ2) is 6.88. The second-order valence-corrected chi connectivity index (χ2v) is 4.40. The van der Waals surface area contributed by atoms with Crippen LogP contribution in [0.15, 0.2) is 24.3 Å². The van der Waals surface area contributed by atoms with E-state index in [0.29, 0.717) is 17.7 Å². The van der Waals surface area contributed by atoms with Gasteiger partial charge in [0.2, 0.25) is 0 Å². The maximum Gasteiger partial charge on any atom is 0.251 e. The maximum absolute atomic E-state index is 11.8. The number of ether oxygens (including phenoxy) is 1. The van der Waals surface area contributed by atoms with Crippen LogP contribution in [0.25, 0.3) is 0 Å². The third kappa shape index (κ3) is 4.05. The highest BCUT2D eigenvalue weighted by atomic mass is 16.5. The summed E-state index contributed by atoms with van der Waals surface area (Å²) in [6.07, 6.45) is 0. The van der Waals surface area contributed by atoms with E-state index in [4.69, 9.17) is 10.00 Å². The van der Waals surface area contributed by atoms with Gasteiger partial charge in [-0.1, -0.05) is 0 Å². The van der Waals surface area contributed by atoms with Crippen molar-refractivity contribution < 1.29 is 9.53 Å². The van der Waals surface area contributed by atoms with Crippen LogP contribution in [0.2, 0.25) is 0 Å². The van der Waals surface area contributed by atoms with Gasteiger partial charge in [-0.25, -0.2) is 0 Å². The number of nitrogens with zero attached hydrogens (tertiary/aromatic N) is 2. The zero-order valence-electron chi connectivity index (χ0n) is 10.8. The molecule has 1 aromatic rings. The predicted octanol–water partition coefficient (Wildman–Crippen LogP) is 0.620. The fourth-order valence-corrected chi connectivity index (χ4v) is 1.95. The standard InChI is InChI=1S/C14H17N3O2/c15-11-12-1-3-13(4-2-12)14(18)16-5-6-17-7-9-19-10-8-17/h1-4H,5-10H2,(H,16,18). The van der Waals surface area contributed by atoms with Crippen molar-refractivity contribution in [3.8, 4) is 6.07 Å². The van der Waals surface area contributed by atoms with Gasteiger partial charge in [0.25, 0.3) is 5.91 Å². The third-order valence-corrected chi connectivity index (χ3v) is 3.09. The van der Waals surface area contributed by atoms with Gasteiger partial charge in [0.1, 0.15) is 0 Å². The molecule has 0 unspecified atom stereocenters. The van der Waals surface area contributed by atoms with Crippen LogP contribution in [0.1, 0.15) is 15.9 Å². The molecule has 2 rings (SSSR count). The van der Waals surface area contributed by atoms with E-state index in [9.17, 15) is 4.79 Å². The van der Waals surface area contributed by atoms with E-state index in [1.165, 1.54) is 0 Å². The highest BCUT2D eigenvalue weighted by Gasteiger charge is 2.10. The Kier molecular flexibility index (Phi) is 4.90. The Morgan fingerprint density at radius 3 is 2.63 bits per heavy atom. The van der Waals surface area contributed by atoms with E-state index >= 15 is 0 Å². The van der Waals surface area contributed by atoms with Crippen LogP contribution < -0.4 is 5.32 Å². The molecule has 0 radical (unpaired) electrons. The topological polar surface area (TPSA) is 65.4 Å². The lowest BCUT2D eigenvalue weighted by Crippen LogP contribution is -2.41. The Balaban J connectivity index is 1.75. The molecule has 1 amide bonds. The summed E-state index contributed by atoms with van der Waals surface area (Å²) < 4.78 is 5.26. The molecular weight excluding hydrogens is 242 g/mol. The molecule has 5 heteroatoms. The van der Waals surface area contributed by atoms with Crippen molar-refractivity contribution in [3.63, 3.8) is 0 Å². The number of amides is 1. The number of hydrogen-bond acceptors (Lipinski definition) is 4. The van der Waals surface area contributed by atoms with E-state index in [1.54, 1.807) is 24.3 Å².